The fourth-order valence-electron chi connectivity index (χ4n) is 1.59. The molecule has 0 unspecified atom stereocenters. The van der Waals surface area contributed by atoms with Gasteiger partial charge in [0.25, 0.3) is 0 Å². The van der Waals surface area contributed by atoms with Crippen LogP contribution in [0.1, 0.15) is 17.2 Å². The first kappa shape index (κ1) is 19.6. The average molecular weight is 453 g/mol. The van der Waals surface area contributed by atoms with Crippen molar-refractivity contribution < 1.29 is 8.78 Å². The maximum Gasteiger partial charge on any atom is 0.250 e. The predicted octanol–water partition coefficient (Wildman–Crippen LogP) is 5.34. The van der Waals surface area contributed by atoms with Gasteiger partial charge in [-0.15, -0.1) is 0 Å². The summed E-state index contributed by atoms with van der Waals surface area (Å²) in [5.41, 5.74) is -0.937. The summed E-state index contributed by atoms with van der Waals surface area (Å²) >= 11 is 34.1. The van der Waals surface area contributed by atoms with E-state index in [0.29, 0.717) is 0 Å². The highest BCUT2D eigenvalue weighted by atomic mass is 35.6. The molecule has 12 heteroatoms. The Bertz CT molecular complexity index is 786. The molecule has 0 radical (unpaired) electrons. The van der Waals surface area contributed by atoms with Crippen LogP contribution in [-0.2, 0) is 7.59 Å². The summed E-state index contributed by atoms with van der Waals surface area (Å²) in [6.45, 7) is 0. The molecule has 126 valence electrons. The van der Waals surface area contributed by atoms with Crippen LogP contribution in [0, 0.1) is 23.0 Å². The van der Waals surface area contributed by atoms with Gasteiger partial charge in [0, 0.05) is 0 Å². The lowest BCUT2D eigenvalue weighted by Gasteiger charge is -2.16. The SMILES string of the molecule is N#Cc1cc(F)c(-c2nc(C(Cl)(Cl)Cl)nc(C(Cl)(Cl)Cl)n2)c(F)c1. The van der Waals surface area contributed by atoms with Crippen molar-refractivity contribution in [1.29, 1.82) is 5.26 Å². The number of benzene rings is 1. The predicted molar refractivity (Wildman–Crippen MR) is 88.4 cm³/mol. The number of halogens is 8. The minimum absolute atomic E-state index is 0.244. The highest BCUT2D eigenvalue weighted by Gasteiger charge is 2.34. The van der Waals surface area contributed by atoms with Crippen LogP contribution in [-0.4, -0.2) is 15.0 Å². The monoisotopic (exact) mass is 450 g/mol. The second kappa shape index (κ2) is 6.91. The van der Waals surface area contributed by atoms with E-state index in [2.05, 4.69) is 15.0 Å². The molecule has 0 fully saturated rings. The number of aromatic nitrogens is 3. The van der Waals surface area contributed by atoms with Crippen LogP contribution in [0.15, 0.2) is 12.1 Å². The standard InChI is InChI=1S/C12H2Cl6F2N4/c13-11(14,15)9-22-8(23-10(24-9)12(16,17)18)7-5(19)1-4(3-21)2-6(7)20/h1-2H. The fourth-order valence-corrected chi connectivity index (χ4v) is 2.10. The molecule has 0 bridgehead atoms. The smallest absolute Gasteiger partial charge is 0.209 e. The Kier molecular flexibility index (Phi) is 5.65. The van der Waals surface area contributed by atoms with Crippen LogP contribution in [0.3, 0.4) is 0 Å². The number of rotatable bonds is 1. The highest BCUT2D eigenvalue weighted by molar-refractivity contribution is 6.67. The molecular weight excluding hydrogens is 451 g/mol. The van der Waals surface area contributed by atoms with Crippen LogP contribution in [0.4, 0.5) is 8.78 Å². The lowest BCUT2D eigenvalue weighted by Crippen LogP contribution is -2.17. The van der Waals surface area contributed by atoms with Crippen LogP contribution in [0.5, 0.6) is 0 Å². The zero-order valence-electron chi connectivity index (χ0n) is 11.0. The zero-order chi connectivity index (χ0) is 18.3. The Labute approximate surface area is 164 Å². The lowest BCUT2D eigenvalue weighted by atomic mass is 10.1. The van der Waals surface area contributed by atoms with Crippen molar-refractivity contribution >= 4 is 69.6 Å². The molecule has 0 aliphatic carbocycles. The van der Waals surface area contributed by atoms with Crippen LogP contribution in [0.2, 0.25) is 0 Å². The topological polar surface area (TPSA) is 62.5 Å². The zero-order valence-corrected chi connectivity index (χ0v) is 15.5. The first-order chi connectivity index (χ1) is 10.9. The number of alkyl halides is 6. The Morgan fingerprint density at radius 1 is 0.833 bits per heavy atom. The highest BCUT2D eigenvalue weighted by Crippen LogP contribution is 2.41. The first-order valence-corrected chi connectivity index (χ1v) is 8.00. The summed E-state index contributed by atoms with van der Waals surface area (Å²) in [6.07, 6.45) is 0. The quantitative estimate of drug-likeness (QED) is 0.548. The third kappa shape index (κ3) is 4.29. The molecule has 2 rings (SSSR count). The third-order valence-corrected chi connectivity index (χ3v) is 3.55. The molecule has 0 amide bonds. The summed E-state index contributed by atoms with van der Waals surface area (Å²) in [4.78, 5) is 11.1. The number of nitrogens with zero attached hydrogens (tertiary/aromatic N) is 4. The van der Waals surface area contributed by atoms with Gasteiger partial charge in [-0.2, -0.15) is 5.26 Å². The Balaban J connectivity index is 2.78. The number of hydrogen-bond donors (Lipinski definition) is 0. The van der Waals surface area contributed by atoms with Gasteiger partial charge in [-0.25, -0.2) is 23.7 Å². The van der Waals surface area contributed by atoms with Crippen molar-refractivity contribution in [3.05, 3.63) is 41.0 Å². The van der Waals surface area contributed by atoms with Gasteiger partial charge in [0.15, 0.2) is 17.5 Å². The molecule has 1 heterocycles. The summed E-state index contributed by atoms with van der Waals surface area (Å²) < 4.78 is 24.0. The van der Waals surface area contributed by atoms with E-state index in [1.54, 1.807) is 6.07 Å². The van der Waals surface area contributed by atoms with Gasteiger partial charge < -0.3 is 0 Å². The van der Waals surface area contributed by atoms with E-state index in [9.17, 15) is 8.78 Å². The van der Waals surface area contributed by atoms with Gasteiger partial charge in [0.1, 0.15) is 11.6 Å². The third-order valence-electron chi connectivity index (χ3n) is 2.54. The average Bonchev–Trinajstić information content (AvgIpc) is 2.44. The Morgan fingerprint density at radius 2 is 1.25 bits per heavy atom. The van der Waals surface area contributed by atoms with Crippen molar-refractivity contribution in [3.63, 3.8) is 0 Å². The fraction of sp³-hybridized carbons (Fsp3) is 0.167. The van der Waals surface area contributed by atoms with E-state index < -0.39 is 42.3 Å². The molecule has 0 aliphatic heterocycles. The van der Waals surface area contributed by atoms with Crippen LogP contribution in [0.25, 0.3) is 11.4 Å². The molecule has 0 atom stereocenters. The van der Waals surface area contributed by atoms with Gasteiger partial charge in [-0.1, -0.05) is 69.6 Å². The summed E-state index contributed by atoms with van der Waals surface area (Å²) in [7, 11) is 0. The molecule has 1 aromatic carbocycles. The molecule has 0 spiro atoms. The minimum Gasteiger partial charge on any atom is -0.209 e. The van der Waals surface area contributed by atoms with Gasteiger partial charge >= 0.3 is 0 Å². The molecule has 2 aromatic rings. The minimum atomic E-state index is -2.16. The first-order valence-electron chi connectivity index (χ1n) is 5.73. The van der Waals surface area contributed by atoms with Crippen molar-refractivity contribution in [3.8, 4) is 17.5 Å². The molecule has 4 nitrogen and oxygen atoms in total. The van der Waals surface area contributed by atoms with Gasteiger partial charge in [-0.05, 0) is 12.1 Å². The molecule has 0 aliphatic rings. The number of hydrogen-bond acceptors (Lipinski definition) is 4. The summed E-state index contributed by atoms with van der Waals surface area (Å²) in [5.74, 6) is -3.80. The van der Waals surface area contributed by atoms with E-state index in [1.807, 2.05) is 0 Å². The van der Waals surface area contributed by atoms with Crippen LogP contribution >= 0.6 is 69.6 Å². The maximum atomic E-state index is 14.2. The summed E-state index contributed by atoms with van der Waals surface area (Å²) in [6, 6.07) is 3.17. The Morgan fingerprint density at radius 3 is 1.58 bits per heavy atom. The molecule has 0 N–H and O–H groups in total. The number of nitriles is 1. The van der Waals surface area contributed by atoms with Gasteiger partial charge in [0.05, 0.1) is 17.2 Å². The molecule has 0 saturated heterocycles. The van der Waals surface area contributed by atoms with E-state index in [1.165, 1.54) is 0 Å². The summed E-state index contributed by atoms with van der Waals surface area (Å²) in [5, 5.41) is 8.72. The van der Waals surface area contributed by atoms with Crippen molar-refractivity contribution in [2.24, 2.45) is 0 Å². The largest absolute Gasteiger partial charge is 0.250 e. The van der Waals surface area contributed by atoms with Crippen molar-refractivity contribution in [1.82, 2.24) is 15.0 Å². The van der Waals surface area contributed by atoms with E-state index in [0.717, 1.165) is 12.1 Å². The second-order valence-corrected chi connectivity index (χ2v) is 8.79. The van der Waals surface area contributed by atoms with Gasteiger partial charge in [-0.3, -0.25) is 0 Å². The molecule has 24 heavy (non-hydrogen) atoms. The van der Waals surface area contributed by atoms with E-state index in [4.69, 9.17) is 74.9 Å². The lowest BCUT2D eigenvalue weighted by molar-refractivity contribution is 0.585. The van der Waals surface area contributed by atoms with E-state index >= 15 is 0 Å². The molecular formula is C12H2Cl6F2N4. The van der Waals surface area contributed by atoms with Gasteiger partial charge in [0.2, 0.25) is 7.59 Å². The van der Waals surface area contributed by atoms with E-state index in [-0.39, 0.29) is 5.56 Å². The maximum absolute atomic E-state index is 14.2. The van der Waals surface area contributed by atoms with Crippen molar-refractivity contribution in [2.45, 2.75) is 7.59 Å². The van der Waals surface area contributed by atoms with Crippen LogP contribution < -0.4 is 0 Å². The Hall–Kier alpha value is -0.680. The molecule has 0 saturated carbocycles. The molecule has 1 aromatic heterocycles. The van der Waals surface area contributed by atoms with Crippen molar-refractivity contribution in [2.75, 3.05) is 0 Å². The second-order valence-electron chi connectivity index (χ2n) is 4.23. The normalized spacial score (nSPS) is 12.1.